The Hall–Kier alpha value is -3.32. The maximum absolute atomic E-state index is 9.31. The molecule has 0 bridgehead atoms. The van der Waals surface area contributed by atoms with Crippen molar-refractivity contribution in [1.82, 2.24) is 4.98 Å². The summed E-state index contributed by atoms with van der Waals surface area (Å²) in [7, 11) is 1.89. The normalized spacial score (nSPS) is 10.7. The smallest absolute Gasteiger partial charge is 0.235 e. The summed E-state index contributed by atoms with van der Waals surface area (Å²) in [5, 5.41) is 9.31. The summed E-state index contributed by atoms with van der Waals surface area (Å²) in [6.45, 7) is 0.645. The van der Waals surface area contributed by atoms with Gasteiger partial charge in [-0.3, -0.25) is 0 Å². The van der Waals surface area contributed by atoms with Crippen molar-refractivity contribution in [3.8, 4) is 6.07 Å². The molecule has 0 spiro atoms. The molecule has 118 valence electrons. The first kappa shape index (κ1) is 15.6. The molecule has 1 heterocycles. The van der Waals surface area contributed by atoms with Gasteiger partial charge in [0.05, 0.1) is 0 Å². The molecule has 0 aliphatic rings. The van der Waals surface area contributed by atoms with Gasteiger partial charge in [0, 0.05) is 19.7 Å². The maximum atomic E-state index is 9.31. The molecule has 4 nitrogen and oxygen atoms in total. The van der Waals surface area contributed by atoms with E-state index in [0.717, 1.165) is 11.1 Å². The van der Waals surface area contributed by atoms with Crippen molar-refractivity contribution in [3.05, 3.63) is 83.4 Å². The fourth-order valence-corrected chi connectivity index (χ4v) is 2.39. The molecule has 0 atom stereocenters. The van der Waals surface area contributed by atoms with E-state index in [1.165, 1.54) is 0 Å². The highest BCUT2D eigenvalue weighted by atomic mass is 16.4. The van der Waals surface area contributed by atoms with Gasteiger partial charge in [-0.05, 0) is 17.2 Å². The van der Waals surface area contributed by atoms with Crippen LogP contribution in [0.1, 0.15) is 22.7 Å². The van der Waals surface area contributed by atoms with Crippen molar-refractivity contribution in [3.63, 3.8) is 0 Å². The Morgan fingerprint density at radius 1 is 1.04 bits per heavy atom. The van der Waals surface area contributed by atoms with Crippen LogP contribution in [-0.2, 0) is 6.54 Å². The Bertz CT molecular complexity index is 861. The van der Waals surface area contributed by atoms with E-state index < -0.39 is 0 Å². The molecule has 4 heteroatoms. The lowest BCUT2D eigenvalue weighted by Gasteiger charge is -2.15. The largest absolute Gasteiger partial charge is 0.420 e. The van der Waals surface area contributed by atoms with Crippen molar-refractivity contribution >= 4 is 18.0 Å². The number of hydrogen-bond donors (Lipinski definition) is 0. The molecule has 3 aromatic rings. The second kappa shape index (κ2) is 7.30. The van der Waals surface area contributed by atoms with Crippen LogP contribution < -0.4 is 4.90 Å². The number of benzene rings is 2. The van der Waals surface area contributed by atoms with Crippen LogP contribution in [0.25, 0.3) is 12.2 Å². The Morgan fingerprint density at radius 3 is 2.38 bits per heavy atom. The summed E-state index contributed by atoms with van der Waals surface area (Å²) in [6.07, 6.45) is 3.68. The first-order chi connectivity index (χ1) is 11.8. The van der Waals surface area contributed by atoms with E-state index in [-0.39, 0.29) is 0 Å². The van der Waals surface area contributed by atoms with Crippen molar-refractivity contribution in [2.75, 3.05) is 11.9 Å². The van der Waals surface area contributed by atoms with Gasteiger partial charge in [-0.1, -0.05) is 60.7 Å². The monoisotopic (exact) mass is 315 g/mol. The molecule has 0 saturated heterocycles. The first-order valence-corrected chi connectivity index (χ1v) is 7.65. The highest BCUT2D eigenvalue weighted by Crippen LogP contribution is 2.23. The first-order valence-electron chi connectivity index (χ1n) is 7.65. The van der Waals surface area contributed by atoms with Crippen molar-refractivity contribution in [2.45, 2.75) is 6.54 Å². The molecule has 0 saturated carbocycles. The van der Waals surface area contributed by atoms with Gasteiger partial charge >= 0.3 is 0 Å². The van der Waals surface area contributed by atoms with Crippen LogP contribution in [0, 0.1) is 11.3 Å². The topological polar surface area (TPSA) is 53.1 Å². The molecule has 0 aliphatic carbocycles. The van der Waals surface area contributed by atoms with Crippen molar-refractivity contribution in [2.24, 2.45) is 0 Å². The second-order valence-electron chi connectivity index (χ2n) is 5.40. The van der Waals surface area contributed by atoms with Crippen LogP contribution in [0.4, 0.5) is 5.88 Å². The van der Waals surface area contributed by atoms with Gasteiger partial charge in [-0.25, -0.2) is 0 Å². The van der Waals surface area contributed by atoms with Gasteiger partial charge in [0.1, 0.15) is 6.07 Å². The average molecular weight is 315 g/mol. The lowest BCUT2D eigenvalue weighted by Crippen LogP contribution is -2.16. The van der Waals surface area contributed by atoms with Gasteiger partial charge in [0.2, 0.25) is 17.5 Å². The fraction of sp³-hybridized carbons (Fsp3) is 0.100. The molecular formula is C20H17N3O. The minimum absolute atomic E-state index is 0.293. The van der Waals surface area contributed by atoms with E-state index in [1.54, 1.807) is 6.08 Å². The molecule has 0 aliphatic heterocycles. The summed E-state index contributed by atoms with van der Waals surface area (Å²) in [5.74, 6) is 0.902. The molecule has 0 N–H and O–H groups in total. The van der Waals surface area contributed by atoms with Gasteiger partial charge in [0.25, 0.3) is 0 Å². The number of anilines is 1. The van der Waals surface area contributed by atoms with Gasteiger partial charge in [-0.15, -0.1) is 0 Å². The van der Waals surface area contributed by atoms with Crippen molar-refractivity contribution < 1.29 is 4.42 Å². The Labute approximate surface area is 141 Å². The average Bonchev–Trinajstić information content (AvgIpc) is 3.05. The van der Waals surface area contributed by atoms with E-state index >= 15 is 0 Å². The third-order valence-corrected chi connectivity index (χ3v) is 3.56. The zero-order chi connectivity index (χ0) is 16.8. The molecule has 0 unspecified atom stereocenters. The van der Waals surface area contributed by atoms with Gasteiger partial charge in [0.15, 0.2) is 0 Å². The summed E-state index contributed by atoms with van der Waals surface area (Å²) in [5.41, 5.74) is 2.48. The highest BCUT2D eigenvalue weighted by Gasteiger charge is 2.16. The lowest BCUT2D eigenvalue weighted by atomic mass is 10.2. The van der Waals surface area contributed by atoms with Gasteiger partial charge in [-0.2, -0.15) is 10.2 Å². The van der Waals surface area contributed by atoms with E-state index in [1.807, 2.05) is 78.7 Å². The fourth-order valence-electron chi connectivity index (χ4n) is 2.39. The summed E-state index contributed by atoms with van der Waals surface area (Å²) < 4.78 is 5.77. The molecule has 3 rings (SSSR count). The number of nitrogens with zero attached hydrogens (tertiary/aromatic N) is 3. The zero-order valence-corrected chi connectivity index (χ0v) is 13.4. The molecule has 0 fully saturated rings. The van der Waals surface area contributed by atoms with E-state index in [4.69, 9.17) is 4.42 Å². The van der Waals surface area contributed by atoms with Gasteiger partial charge < -0.3 is 9.32 Å². The number of oxazole rings is 1. The number of rotatable bonds is 5. The van der Waals surface area contributed by atoms with Crippen LogP contribution in [0.2, 0.25) is 0 Å². The summed E-state index contributed by atoms with van der Waals surface area (Å²) >= 11 is 0. The van der Waals surface area contributed by atoms with Crippen molar-refractivity contribution in [1.29, 1.82) is 5.26 Å². The molecule has 24 heavy (non-hydrogen) atoms. The van der Waals surface area contributed by atoms with E-state index in [9.17, 15) is 5.26 Å². The van der Waals surface area contributed by atoms with E-state index in [2.05, 4.69) is 11.1 Å². The molecular weight excluding hydrogens is 298 g/mol. The van der Waals surface area contributed by atoms with Crippen LogP contribution in [0.3, 0.4) is 0 Å². The zero-order valence-electron chi connectivity index (χ0n) is 13.4. The predicted octanol–water partition coefficient (Wildman–Crippen LogP) is 4.35. The molecule has 0 amide bonds. The third-order valence-electron chi connectivity index (χ3n) is 3.56. The predicted molar refractivity (Wildman–Crippen MR) is 95.1 cm³/mol. The maximum Gasteiger partial charge on any atom is 0.235 e. The lowest BCUT2D eigenvalue weighted by molar-refractivity contribution is 0.536. The Balaban J connectivity index is 1.80. The third kappa shape index (κ3) is 3.71. The molecule has 2 aromatic carbocycles. The highest BCUT2D eigenvalue weighted by molar-refractivity contribution is 5.67. The molecule has 1 aromatic heterocycles. The standard InChI is InChI=1S/C20H17N3O/c1-23(15-17-10-6-3-7-11-17)20-18(14-21)22-19(24-20)13-12-16-8-4-2-5-9-16/h2-13H,15H2,1H3. The van der Waals surface area contributed by atoms with Crippen LogP contribution in [0.15, 0.2) is 65.1 Å². The summed E-state index contributed by atoms with van der Waals surface area (Å²) in [6, 6.07) is 22.0. The minimum Gasteiger partial charge on any atom is -0.420 e. The molecule has 0 radical (unpaired) electrons. The SMILES string of the molecule is CN(Cc1ccccc1)c1oc(C=Cc2ccccc2)nc1C#N. The number of aromatic nitrogens is 1. The second-order valence-corrected chi connectivity index (χ2v) is 5.40. The summed E-state index contributed by atoms with van der Waals surface area (Å²) in [4.78, 5) is 6.14. The number of hydrogen-bond acceptors (Lipinski definition) is 4. The van der Waals surface area contributed by atoms with Crippen LogP contribution in [-0.4, -0.2) is 12.0 Å². The minimum atomic E-state index is 0.293. The van der Waals surface area contributed by atoms with Crippen LogP contribution in [0.5, 0.6) is 0 Å². The van der Waals surface area contributed by atoms with Crippen LogP contribution >= 0.6 is 0 Å². The Kier molecular flexibility index (Phi) is 4.73. The number of nitriles is 1. The van der Waals surface area contributed by atoms with E-state index in [0.29, 0.717) is 24.0 Å². The quantitative estimate of drug-likeness (QED) is 0.702. The Morgan fingerprint density at radius 2 is 1.71 bits per heavy atom.